The summed E-state index contributed by atoms with van der Waals surface area (Å²) in [6, 6.07) is 19.4. The van der Waals surface area contributed by atoms with Crippen molar-refractivity contribution < 1.29 is 14.3 Å². The Balaban J connectivity index is 1.64. The minimum absolute atomic E-state index is 0.0326. The van der Waals surface area contributed by atoms with Crippen LogP contribution in [0.2, 0.25) is 0 Å². The van der Waals surface area contributed by atoms with Gasteiger partial charge in [-0.2, -0.15) is 15.4 Å². The monoisotopic (exact) mass is 355 g/mol. The number of ether oxygens (including phenoxy) is 1. The molecule has 2 amide bonds. The number of nitriles is 1. The van der Waals surface area contributed by atoms with Gasteiger partial charge >= 0.3 is 0 Å². The maximum Gasteiger partial charge on any atom is 0.282 e. The van der Waals surface area contributed by atoms with E-state index in [2.05, 4.69) is 5.10 Å². The second kappa shape index (κ2) is 6.73. The largest absolute Gasteiger partial charge is 0.479 e. The third-order valence-corrected chi connectivity index (χ3v) is 4.26. The Labute approximate surface area is 154 Å². The smallest absolute Gasteiger partial charge is 0.282 e. The van der Waals surface area contributed by atoms with Crippen molar-refractivity contribution in [3.63, 3.8) is 0 Å². The van der Waals surface area contributed by atoms with Crippen molar-refractivity contribution in [1.29, 1.82) is 5.26 Å². The molecule has 1 aliphatic rings. The van der Waals surface area contributed by atoms with Gasteiger partial charge in [-0.25, -0.2) is 0 Å². The van der Waals surface area contributed by atoms with Crippen molar-refractivity contribution in [2.75, 3.05) is 6.61 Å². The summed E-state index contributed by atoms with van der Waals surface area (Å²) in [4.78, 5) is 25.5. The zero-order valence-corrected chi connectivity index (χ0v) is 14.1. The molecule has 0 unspecified atom stereocenters. The van der Waals surface area contributed by atoms with Gasteiger partial charge in [-0.1, -0.05) is 24.3 Å². The van der Waals surface area contributed by atoms with Gasteiger partial charge in [0.05, 0.1) is 17.3 Å². The van der Waals surface area contributed by atoms with Gasteiger partial charge in [0, 0.05) is 5.39 Å². The van der Waals surface area contributed by atoms with Crippen LogP contribution in [0.1, 0.15) is 26.3 Å². The van der Waals surface area contributed by atoms with Gasteiger partial charge in [-0.05, 0) is 47.3 Å². The zero-order valence-electron chi connectivity index (χ0n) is 14.1. The molecular formula is C21H13N3O3. The number of imide groups is 1. The third-order valence-electron chi connectivity index (χ3n) is 4.26. The van der Waals surface area contributed by atoms with E-state index in [4.69, 9.17) is 10.00 Å². The van der Waals surface area contributed by atoms with Crippen LogP contribution in [-0.2, 0) is 0 Å². The Morgan fingerprint density at radius 2 is 1.59 bits per heavy atom. The van der Waals surface area contributed by atoms with E-state index in [0.29, 0.717) is 27.8 Å². The van der Waals surface area contributed by atoms with Crippen molar-refractivity contribution in [2.45, 2.75) is 0 Å². The molecule has 0 bridgehead atoms. The predicted molar refractivity (Wildman–Crippen MR) is 99.6 cm³/mol. The van der Waals surface area contributed by atoms with E-state index in [1.54, 1.807) is 48.5 Å². The lowest BCUT2D eigenvalue weighted by Gasteiger charge is -2.22. The van der Waals surface area contributed by atoms with Crippen LogP contribution in [-0.4, -0.2) is 29.6 Å². The standard InChI is InChI=1S/C21H13N3O3/c22-11-12-27-16-9-7-14(8-10-16)13-23-24-20(25)17-5-1-3-15-4-2-6-18(19(15)17)21(24)26/h1-10,13H,12H2/b23-13-. The molecule has 1 heterocycles. The van der Waals surface area contributed by atoms with Gasteiger partial charge in [-0.3, -0.25) is 9.59 Å². The number of amides is 2. The lowest BCUT2D eigenvalue weighted by atomic mass is 9.95. The zero-order chi connectivity index (χ0) is 18.8. The molecule has 0 atom stereocenters. The van der Waals surface area contributed by atoms with E-state index in [9.17, 15) is 9.59 Å². The molecule has 0 N–H and O–H groups in total. The van der Waals surface area contributed by atoms with E-state index in [1.165, 1.54) is 6.21 Å². The average molecular weight is 355 g/mol. The van der Waals surface area contributed by atoms with Gasteiger partial charge in [0.25, 0.3) is 11.8 Å². The number of carbonyl (C=O) groups is 2. The number of hydrogen-bond acceptors (Lipinski definition) is 5. The Morgan fingerprint density at radius 3 is 2.19 bits per heavy atom. The van der Waals surface area contributed by atoms with Crippen LogP contribution < -0.4 is 4.74 Å². The van der Waals surface area contributed by atoms with Crippen molar-refractivity contribution in [1.82, 2.24) is 5.01 Å². The summed E-state index contributed by atoms with van der Waals surface area (Å²) < 4.78 is 5.19. The molecule has 0 saturated heterocycles. The van der Waals surface area contributed by atoms with E-state index < -0.39 is 11.8 Å². The number of hydrazone groups is 1. The number of hydrogen-bond donors (Lipinski definition) is 0. The van der Waals surface area contributed by atoms with Crippen LogP contribution in [0.25, 0.3) is 10.8 Å². The molecule has 1 aliphatic heterocycles. The minimum Gasteiger partial charge on any atom is -0.479 e. The summed E-state index contributed by atoms with van der Waals surface area (Å²) in [6.45, 7) is -0.0326. The highest BCUT2D eigenvalue weighted by Crippen LogP contribution is 2.30. The highest BCUT2D eigenvalue weighted by molar-refractivity contribution is 6.25. The lowest BCUT2D eigenvalue weighted by molar-refractivity contribution is 0.0616. The van der Waals surface area contributed by atoms with Crippen molar-refractivity contribution >= 4 is 28.8 Å². The molecule has 0 spiro atoms. The molecule has 0 aromatic heterocycles. The molecule has 4 rings (SSSR count). The molecule has 3 aromatic carbocycles. The van der Waals surface area contributed by atoms with Crippen LogP contribution in [0, 0.1) is 11.3 Å². The Hall–Kier alpha value is -3.98. The Bertz CT molecular complexity index is 1080. The first-order valence-corrected chi connectivity index (χ1v) is 8.23. The van der Waals surface area contributed by atoms with Crippen molar-refractivity contribution in [3.8, 4) is 11.8 Å². The fourth-order valence-electron chi connectivity index (χ4n) is 3.01. The molecule has 3 aromatic rings. The van der Waals surface area contributed by atoms with Crippen molar-refractivity contribution in [3.05, 3.63) is 77.4 Å². The average Bonchev–Trinajstić information content (AvgIpc) is 2.71. The predicted octanol–water partition coefficient (Wildman–Crippen LogP) is 3.37. The summed E-state index contributed by atoms with van der Waals surface area (Å²) in [5, 5.41) is 15.0. The molecule has 0 aliphatic carbocycles. The highest BCUT2D eigenvalue weighted by Gasteiger charge is 2.32. The van der Waals surface area contributed by atoms with Gasteiger partial charge < -0.3 is 4.74 Å². The summed E-state index contributed by atoms with van der Waals surface area (Å²) in [5.74, 6) is -0.344. The first-order valence-electron chi connectivity index (χ1n) is 8.23. The molecule has 6 nitrogen and oxygen atoms in total. The van der Waals surface area contributed by atoms with Crippen molar-refractivity contribution in [2.24, 2.45) is 5.10 Å². The topological polar surface area (TPSA) is 82.8 Å². The summed E-state index contributed by atoms with van der Waals surface area (Å²) in [6.07, 6.45) is 1.44. The molecule has 0 radical (unpaired) electrons. The second-order valence-electron chi connectivity index (χ2n) is 5.89. The minimum atomic E-state index is -0.450. The van der Waals surface area contributed by atoms with E-state index >= 15 is 0 Å². The van der Waals surface area contributed by atoms with Gasteiger partial charge in [0.1, 0.15) is 11.8 Å². The second-order valence-corrected chi connectivity index (χ2v) is 5.89. The van der Waals surface area contributed by atoms with Crippen LogP contribution >= 0.6 is 0 Å². The SMILES string of the molecule is N#CCOc1ccc(/C=N\N2C(=O)c3cccc4cccc(c34)C2=O)cc1. The molecule has 0 saturated carbocycles. The maximum absolute atomic E-state index is 12.7. The molecular weight excluding hydrogens is 342 g/mol. The normalized spacial score (nSPS) is 13.2. The first-order chi connectivity index (χ1) is 13.2. The van der Waals surface area contributed by atoms with Crippen LogP contribution in [0.5, 0.6) is 5.75 Å². The molecule has 6 heteroatoms. The van der Waals surface area contributed by atoms with Crippen LogP contribution in [0.15, 0.2) is 65.8 Å². The van der Waals surface area contributed by atoms with E-state index in [-0.39, 0.29) is 6.61 Å². The fourth-order valence-corrected chi connectivity index (χ4v) is 3.01. The number of nitrogens with zero attached hydrogens (tertiary/aromatic N) is 3. The molecule has 27 heavy (non-hydrogen) atoms. The number of benzene rings is 3. The maximum atomic E-state index is 12.7. The Kier molecular flexibility index (Phi) is 4.11. The highest BCUT2D eigenvalue weighted by atomic mass is 16.5. The first kappa shape index (κ1) is 16.5. The summed E-state index contributed by atoms with van der Waals surface area (Å²) in [5.41, 5.74) is 1.61. The summed E-state index contributed by atoms with van der Waals surface area (Å²) >= 11 is 0. The quantitative estimate of drug-likeness (QED) is 0.531. The summed E-state index contributed by atoms with van der Waals surface area (Å²) in [7, 11) is 0. The van der Waals surface area contributed by atoms with Crippen LogP contribution in [0.4, 0.5) is 0 Å². The van der Waals surface area contributed by atoms with Gasteiger partial charge in [0.15, 0.2) is 6.61 Å². The van der Waals surface area contributed by atoms with E-state index in [1.807, 2.05) is 18.2 Å². The van der Waals surface area contributed by atoms with Gasteiger partial charge in [0.2, 0.25) is 0 Å². The number of rotatable bonds is 4. The number of carbonyl (C=O) groups excluding carboxylic acids is 2. The fraction of sp³-hybridized carbons (Fsp3) is 0.0476. The van der Waals surface area contributed by atoms with Crippen LogP contribution in [0.3, 0.4) is 0 Å². The molecule has 0 fully saturated rings. The molecule has 130 valence electrons. The van der Waals surface area contributed by atoms with Gasteiger partial charge in [-0.15, -0.1) is 0 Å². The third kappa shape index (κ3) is 2.92. The lowest BCUT2D eigenvalue weighted by Crippen LogP contribution is -2.36. The van der Waals surface area contributed by atoms with E-state index in [0.717, 1.165) is 10.4 Å². The Morgan fingerprint density at radius 1 is 0.963 bits per heavy atom.